The second kappa shape index (κ2) is 6.71. The second-order valence-electron chi connectivity index (χ2n) is 6.12. The Morgan fingerprint density at radius 3 is 2.53 bits per heavy atom. The molecule has 0 aromatic carbocycles. The summed E-state index contributed by atoms with van der Waals surface area (Å²) in [5.74, 6) is -0.658. The number of nitrogens with zero attached hydrogens (tertiary/aromatic N) is 1. The number of rotatable bonds is 4. The van der Waals surface area contributed by atoms with E-state index in [2.05, 4.69) is 10.2 Å². The summed E-state index contributed by atoms with van der Waals surface area (Å²) in [6.45, 7) is 5.05. The number of nitrogens with one attached hydrogen (secondary N) is 1. The molecule has 0 bridgehead atoms. The van der Waals surface area contributed by atoms with Crippen LogP contribution in [0, 0.1) is 0 Å². The van der Waals surface area contributed by atoms with E-state index in [-0.39, 0.29) is 0 Å². The Bertz CT molecular complexity index is 297. The maximum Gasteiger partial charge on any atom is 0.323 e. The fraction of sp³-hybridized carbons (Fsp3) is 0.933. The van der Waals surface area contributed by atoms with Gasteiger partial charge in [0.25, 0.3) is 0 Å². The van der Waals surface area contributed by atoms with Gasteiger partial charge in [-0.15, -0.1) is 0 Å². The lowest BCUT2D eigenvalue weighted by molar-refractivity contribution is -0.147. The van der Waals surface area contributed by atoms with E-state index in [4.69, 9.17) is 0 Å². The summed E-state index contributed by atoms with van der Waals surface area (Å²) in [4.78, 5) is 14.2. The van der Waals surface area contributed by atoms with E-state index in [1.807, 2.05) is 6.92 Å². The van der Waals surface area contributed by atoms with Crippen molar-refractivity contribution in [1.82, 2.24) is 10.2 Å². The molecule has 0 aromatic heterocycles. The number of likely N-dealkylation sites (tertiary alicyclic amines) is 1. The van der Waals surface area contributed by atoms with Gasteiger partial charge in [0.05, 0.1) is 0 Å². The Labute approximate surface area is 116 Å². The zero-order chi connectivity index (χ0) is 13.7. The summed E-state index contributed by atoms with van der Waals surface area (Å²) in [6, 6.07) is 0.460. The van der Waals surface area contributed by atoms with Crippen molar-refractivity contribution in [2.45, 2.75) is 69.9 Å². The van der Waals surface area contributed by atoms with Crippen LogP contribution in [0.2, 0.25) is 0 Å². The van der Waals surface area contributed by atoms with Crippen LogP contribution in [-0.2, 0) is 4.79 Å². The van der Waals surface area contributed by atoms with Crippen LogP contribution in [0.5, 0.6) is 0 Å². The predicted octanol–water partition coefficient (Wildman–Crippen LogP) is 2.24. The summed E-state index contributed by atoms with van der Waals surface area (Å²) in [5.41, 5.74) is -0.677. The summed E-state index contributed by atoms with van der Waals surface area (Å²) in [6.07, 6.45) is 8.97. The highest BCUT2D eigenvalue weighted by molar-refractivity contribution is 5.79. The van der Waals surface area contributed by atoms with Gasteiger partial charge in [-0.3, -0.25) is 4.79 Å². The molecule has 0 radical (unpaired) electrons. The van der Waals surface area contributed by atoms with E-state index in [0.717, 1.165) is 38.9 Å². The van der Waals surface area contributed by atoms with Crippen LogP contribution in [0.25, 0.3) is 0 Å². The first-order valence-corrected chi connectivity index (χ1v) is 7.90. The molecule has 2 fully saturated rings. The molecule has 4 nitrogen and oxygen atoms in total. The minimum absolute atomic E-state index is 0.460. The number of carbonyl (C=O) groups is 1. The number of aliphatic carboxylic acids is 1. The molecule has 2 atom stereocenters. The fourth-order valence-electron chi connectivity index (χ4n) is 3.79. The molecule has 1 heterocycles. The minimum atomic E-state index is -0.677. The van der Waals surface area contributed by atoms with Crippen molar-refractivity contribution in [2.75, 3.05) is 19.6 Å². The van der Waals surface area contributed by atoms with Gasteiger partial charge in [0, 0.05) is 6.04 Å². The molecule has 2 N–H and O–H groups in total. The zero-order valence-electron chi connectivity index (χ0n) is 12.2. The van der Waals surface area contributed by atoms with Crippen LogP contribution >= 0.6 is 0 Å². The molecule has 4 heteroatoms. The van der Waals surface area contributed by atoms with Crippen LogP contribution in [0.4, 0.5) is 0 Å². The average molecular weight is 268 g/mol. The Morgan fingerprint density at radius 1 is 1.26 bits per heavy atom. The highest BCUT2D eigenvalue weighted by Crippen LogP contribution is 2.32. The standard InChI is InChI=1S/C15H28N2O2/c1-2-16-15(14(18)19)9-7-8-13(12-15)17-10-5-3-4-6-11-17/h13,16H,2-12H2,1H3,(H,18,19). The van der Waals surface area contributed by atoms with Gasteiger partial charge in [0.15, 0.2) is 0 Å². The number of hydrogen-bond donors (Lipinski definition) is 2. The van der Waals surface area contributed by atoms with Crippen molar-refractivity contribution in [2.24, 2.45) is 0 Å². The molecule has 0 amide bonds. The first kappa shape index (κ1) is 14.8. The lowest BCUT2D eigenvalue weighted by Gasteiger charge is -2.42. The quantitative estimate of drug-likeness (QED) is 0.821. The SMILES string of the molecule is CCNC1(C(=O)O)CCCC(N2CCCCCC2)C1. The average Bonchev–Trinajstić information content (AvgIpc) is 2.68. The number of likely N-dealkylation sites (N-methyl/N-ethyl adjacent to an activating group) is 1. The highest BCUT2D eigenvalue weighted by atomic mass is 16.4. The third-order valence-corrected chi connectivity index (χ3v) is 4.81. The molecule has 1 aliphatic carbocycles. The van der Waals surface area contributed by atoms with Crippen LogP contribution in [0.15, 0.2) is 0 Å². The van der Waals surface area contributed by atoms with E-state index < -0.39 is 11.5 Å². The minimum Gasteiger partial charge on any atom is -0.480 e. The highest BCUT2D eigenvalue weighted by Gasteiger charge is 2.43. The van der Waals surface area contributed by atoms with E-state index in [0.29, 0.717) is 6.04 Å². The lowest BCUT2D eigenvalue weighted by atomic mass is 9.78. The number of hydrogen-bond acceptors (Lipinski definition) is 3. The maximum atomic E-state index is 11.7. The van der Waals surface area contributed by atoms with Gasteiger partial charge in [-0.25, -0.2) is 0 Å². The monoisotopic (exact) mass is 268 g/mol. The van der Waals surface area contributed by atoms with E-state index in [1.165, 1.54) is 32.1 Å². The Morgan fingerprint density at radius 2 is 1.95 bits per heavy atom. The lowest BCUT2D eigenvalue weighted by Crippen LogP contribution is -2.58. The van der Waals surface area contributed by atoms with Gasteiger partial charge in [-0.05, 0) is 58.2 Å². The van der Waals surface area contributed by atoms with Gasteiger partial charge < -0.3 is 15.3 Å². The fourth-order valence-corrected chi connectivity index (χ4v) is 3.79. The topological polar surface area (TPSA) is 52.6 Å². The number of carboxylic acids is 1. The maximum absolute atomic E-state index is 11.7. The van der Waals surface area contributed by atoms with Crippen molar-refractivity contribution < 1.29 is 9.90 Å². The predicted molar refractivity (Wildman–Crippen MR) is 76.3 cm³/mol. The van der Waals surface area contributed by atoms with Crippen LogP contribution in [0.3, 0.4) is 0 Å². The Hall–Kier alpha value is -0.610. The smallest absolute Gasteiger partial charge is 0.323 e. The largest absolute Gasteiger partial charge is 0.480 e. The van der Waals surface area contributed by atoms with Gasteiger partial charge in [-0.2, -0.15) is 0 Å². The zero-order valence-corrected chi connectivity index (χ0v) is 12.2. The molecule has 1 saturated carbocycles. The second-order valence-corrected chi connectivity index (χ2v) is 6.12. The van der Waals surface area contributed by atoms with Crippen molar-refractivity contribution in [3.05, 3.63) is 0 Å². The Kier molecular flexibility index (Phi) is 5.22. The Balaban J connectivity index is 2.03. The third-order valence-electron chi connectivity index (χ3n) is 4.81. The molecular weight excluding hydrogens is 240 g/mol. The first-order chi connectivity index (χ1) is 9.18. The summed E-state index contributed by atoms with van der Waals surface area (Å²) < 4.78 is 0. The van der Waals surface area contributed by atoms with Crippen molar-refractivity contribution in [3.8, 4) is 0 Å². The van der Waals surface area contributed by atoms with E-state index >= 15 is 0 Å². The molecule has 2 rings (SSSR count). The van der Waals surface area contributed by atoms with Crippen molar-refractivity contribution in [3.63, 3.8) is 0 Å². The molecule has 0 aromatic rings. The summed E-state index contributed by atoms with van der Waals surface area (Å²) in [5, 5.41) is 12.9. The summed E-state index contributed by atoms with van der Waals surface area (Å²) >= 11 is 0. The molecule has 1 aliphatic heterocycles. The molecule has 0 spiro atoms. The molecular formula is C15H28N2O2. The van der Waals surface area contributed by atoms with Crippen LogP contribution in [-0.4, -0.2) is 47.2 Å². The normalized spacial score (nSPS) is 33.8. The summed E-state index contributed by atoms with van der Waals surface area (Å²) in [7, 11) is 0. The first-order valence-electron chi connectivity index (χ1n) is 7.90. The van der Waals surface area contributed by atoms with Crippen molar-refractivity contribution >= 4 is 5.97 Å². The molecule has 2 unspecified atom stereocenters. The van der Waals surface area contributed by atoms with Gasteiger partial charge >= 0.3 is 5.97 Å². The van der Waals surface area contributed by atoms with Gasteiger partial charge in [0.1, 0.15) is 5.54 Å². The van der Waals surface area contributed by atoms with Crippen LogP contribution < -0.4 is 5.32 Å². The number of carboxylic acid groups (broad SMARTS) is 1. The molecule has 110 valence electrons. The van der Waals surface area contributed by atoms with Crippen molar-refractivity contribution in [1.29, 1.82) is 0 Å². The van der Waals surface area contributed by atoms with E-state index in [9.17, 15) is 9.90 Å². The van der Waals surface area contributed by atoms with Gasteiger partial charge in [0.2, 0.25) is 0 Å². The molecule has 1 saturated heterocycles. The van der Waals surface area contributed by atoms with Gasteiger partial charge in [-0.1, -0.05) is 19.8 Å². The van der Waals surface area contributed by atoms with E-state index in [1.54, 1.807) is 0 Å². The molecule has 2 aliphatic rings. The van der Waals surface area contributed by atoms with Crippen LogP contribution in [0.1, 0.15) is 58.3 Å². The third kappa shape index (κ3) is 3.48. The molecule has 19 heavy (non-hydrogen) atoms.